The molecule has 1 aromatic heterocycles. The van der Waals surface area contributed by atoms with Gasteiger partial charge in [-0.25, -0.2) is 4.79 Å². The van der Waals surface area contributed by atoms with Crippen LogP contribution in [0.3, 0.4) is 0 Å². The number of amides is 1. The number of fused-ring (bicyclic) bond motifs is 3. The molecule has 36 heavy (non-hydrogen) atoms. The number of nitrogens with one attached hydrogen (secondary N) is 3. The van der Waals surface area contributed by atoms with Crippen LogP contribution in [0.5, 0.6) is 17.2 Å². The van der Waals surface area contributed by atoms with Crippen LogP contribution in [-0.4, -0.2) is 55.4 Å². The van der Waals surface area contributed by atoms with Crippen molar-refractivity contribution in [2.75, 3.05) is 21.3 Å². The number of ether oxygens (including phenoxy) is 3. The summed E-state index contributed by atoms with van der Waals surface area (Å²) in [5.41, 5.74) is 3.64. The maximum Gasteiger partial charge on any atom is 0.328 e. The van der Waals surface area contributed by atoms with Gasteiger partial charge in [0.25, 0.3) is 0 Å². The van der Waals surface area contributed by atoms with Crippen LogP contribution in [0.4, 0.5) is 0 Å². The Morgan fingerprint density at radius 1 is 1.11 bits per heavy atom. The zero-order valence-corrected chi connectivity index (χ0v) is 21.2. The molecule has 9 nitrogen and oxygen atoms in total. The Morgan fingerprint density at radius 3 is 2.39 bits per heavy atom. The monoisotopic (exact) mass is 495 g/mol. The summed E-state index contributed by atoms with van der Waals surface area (Å²) in [6.07, 6.45) is 0.906. The normalized spacial score (nSPS) is 17.9. The van der Waals surface area contributed by atoms with E-state index in [1.165, 1.54) is 21.3 Å². The second-order valence-corrected chi connectivity index (χ2v) is 9.41. The lowest BCUT2D eigenvalue weighted by molar-refractivity contribution is -0.145. The predicted octanol–water partition coefficient (Wildman–Crippen LogP) is 3.20. The van der Waals surface area contributed by atoms with Crippen LogP contribution >= 0.6 is 0 Å². The van der Waals surface area contributed by atoms with E-state index in [1.54, 1.807) is 12.1 Å². The summed E-state index contributed by atoms with van der Waals surface area (Å²) in [5.74, 6) is -0.134. The summed E-state index contributed by atoms with van der Waals surface area (Å²) >= 11 is 0. The molecular formula is C27H33N3O6. The van der Waals surface area contributed by atoms with Gasteiger partial charge in [-0.15, -0.1) is 0 Å². The molecule has 0 bridgehead atoms. The highest BCUT2D eigenvalue weighted by Gasteiger charge is 2.36. The van der Waals surface area contributed by atoms with Gasteiger partial charge >= 0.3 is 5.97 Å². The number of phenols is 1. The Morgan fingerprint density at radius 2 is 1.78 bits per heavy atom. The van der Waals surface area contributed by atoms with E-state index in [9.17, 15) is 14.7 Å². The van der Waals surface area contributed by atoms with E-state index in [4.69, 9.17) is 14.2 Å². The second kappa shape index (κ2) is 10.5. The minimum atomic E-state index is -0.735. The highest BCUT2D eigenvalue weighted by Crippen LogP contribution is 2.42. The lowest BCUT2D eigenvalue weighted by Gasteiger charge is -2.32. The molecule has 0 saturated carbocycles. The first kappa shape index (κ1) is 25.4. The minimum Gasteiger partial charge on any atom is -0.502 e. The van der Waals surface area contributed by atoms with Crippen molar-refractivity contribution in [3.63, 3.8) is 0 Å². The maximum atomic E-state index is 13.5. The molecule has 3 aromatic rings. The standard InChI is InChI=1S/C27H33N3O6/c1-14(2)10-20(27(33)36-5)30-26(32)19-13-17-16-8-6-7-9-18(16)28-24(17)23(29-19)15-11-21(34-3)25(31)22(12-15)35-4/h6-9,11-12,14,19-20,23,28-29,31H,10,13H2,1-5H3,(H,30,32)/t19-,20-,23+/m0/s1. The number of carbonyl (C=O) groups excluding carboxylic acids is 2. The number of aromatic hydroxyl groups is 1. The Balaban J connectivity index is 1.75. The van der Waals surface area contributed by atoms with Crippen molar-refractivity contribution < 1.29 is 28.9 Å². The molecule has 0 saturated heterocycles. The molecule has 192 valence electrons. The topological polar surface area (TPSA) is 122 Å². The highest BCUT2D eigenvalue weighted by atomic mass is 16.5. The Labute approximate surface area is 210 Å². The lowest BCUT2D eigenvalue weighted by Crippen LogP contribution is -2.54. The molecule has 1 amide bonds. The van der Waals surface area contributed by atoms with Gasteiger partial charge in [0.1, 0.15) is 6.04 Å². The number of para-hydroxylation sites is 1. The molecule has 2 heterocycles. The number of rotatable bonds is 8. The van der Waals surface area contributed by atoms with E-state index in [1.807, 2.05) is 38.1 Å². The van der Waals surface area contributed by atoms with Gasteiger partial charge in [0.2, 0.25) is 11.7 Å². The Kier molecular flexibility index (Phi) is 7.40. The average molecular weight is 496 g/mol. The molecule has 9 heteroatoms. The first-order valence-electron chi connectivity index (χ1n) is 12.0. The molecule has 0 fully saturated rings. The number of aromatic nitrogens is 1. The molecule has 3 atom stereocenters. The fraction of sp³-hybridized carbons (Fsp3) is 0.407. The number of hydrogen-bond acceptors (Lipinski definition) is 7. The van der Waals surface area contributed by atoms with Crippen molar-refractivity contribution in [2.45, 2.75) is 44.8 Å². The molecule has 1 aliphatic rings. The molecular weight excluding hydrogens is 462 g/mol. The van der Waals surface area contributed by atoms with Crippen LogP contribution in [0.1, 0.15) is 43.1 Å². The van der Waals surface area contributed by atoms with Gasteiger partial charge in [0, 0.05) is 16.6 Å². The fourth-order valence-electron chi connectivity index (χ4n) is 4.85. The number of H-pyrrole nitrogens is 1. The first-order valence-corrected chi connectivity index (χ1v) is 12.0. The van der Waals surface area contributed by atoms with Gasteiger partial charge in [0.15, 0.2) is 11.5 Å². The van der Waals surface area contributed by atoms with E-state index in [-0.39, 0.29) is 29.1 Å². The fourth-order valence-corrected chi connectivity index (χ4v) is 4.85. The van der Waals surface area contributed by atoms with Crippen LogP contribution in [0.15, 0.2) is 36.4 Å². The molecule has 4 rings (SSSR count). The zero-order valence-electron chi connectivity index (χ0n) is 21.2. The van der Waals surface area contributed by atoms with Gasteiger partial charge < -0.3 is 29.6 Å². The number of aromatic amines is 1. The number of esters is 1. The molecule has 0 unspecified atom stereocenters. The molecule has 4 N–H and O–H groups in total. The van der Waals surface area contributed by atoms with Crippen molar-refractivity contribution in [1.29, 1.82) is 0 Å². The van der Waals surface area contributed by atoms with Gasteiger partial charge in [-0.05, 0) is 48.1 Å². The van der Waals surface area contributed by atoms with Crippen molar-refractivity contribution in [1.82, 2.24) is 15.6 Å². The van der Waals surface area contributed by atoms with Crippen LogP contribution in [-0.2, 0) is 20.7 Å². The number of hydrogen-bond donors (Lipinski definition) is 4. The molecule has 0 aliphatic carbocycles. The van der Waals surface area contributed by atoms with E-state index >= 15 is 0 Å². The van der Waals surface area contributed by atoms with E-state index < -0.39 is 24.1 Å². The quantitative estimate of drug-likeness (QED) is 0.354. The summed E-state index contributed by atoms with van der Waals surface area (Å²) < 4.78 is 15.7. The zero-order chi connectivity index (χ0) is 26.0. The smallest absolute Gasteiger partial charge is 0.328 e. The summed E-state index contributed by atoms with van der Waals surface area (Å²) in [7, 11) is 4.26. The second-order valence-electron chi connectivity index (χ2n) is 9.41. The van der Waals surface area contributed by atoms with Crippen LogP contribution in [0, 0.1) is 5.92 Å². The van der Waals surface area contributed by atoms with Crippen molar-refractivity contribution in [3.8, 4) is 17.2 Å². The molecule has 0 radical (unpaired) electrons. The Hall–Kier alpha value is -3.72. The van der Waals surface area contributed by atoms with E-state index in [2.05, 4.69) is 15.6 Å². The minimum absolute atomic E-state index is 0.0969. The van der Waals surface area contributed by atoms with Gasteiger partial charge in [-0.2, -0.15) is 0 Å². The molecule has 0 spiro atoms. The third kappa shape index (κ3) is 4.83. The summed E-state index contributed by atoms with van der Waals surface area (Å²) in [5, 5.41) is 17.8. The number of methoxy groups -OCH3 is 3. The predicted molar refractivity (Wildman–Crippen MR) is 135 cm³/mol. The van der Waals surface area contributed by atoms with Gasteiger partial charge in [-0.3, -0.25) is 10.1 Å². The van der Waals surface area contributed by atoms with Gasteiger partial charge in [0.05, 0.1) is 33.4 Å². The lowest BCUT2D eigenvalue weighted by atomic mass is 9.89. The largest absolute Gasteiger partial charge is 0.502 e. The van der Waals surface area contributed by atoms with Crippen LogP contribution in [0.2, 0.25) is 0 Å². The SMILES string of the molecule is COC(=O)[C@H](CC(C)C)NC(=O)[C@@H]1Cc2c([nH]c3ccccc23)[C@@H](c2cc(OC)c(O)c(OC)c2)N1. The van der Waals surface area contributed by atoms with Crippen molar-refractivity contribution >= 4 is 22.8 Å². The third-order valence-electron chi connectivity index (χ3n) is 6.57. The maximum absolute atomic E-state index is 13.5. The molecule has 1 aliphatic heterocycles. The van der Waals surface area contributed by atoms with Crippen molar-refractivity contribution in [2.24, 2.45) is 5.92 Å². The van der Waals surface area contributed by atoms with Crippen LogP contribution in [0.25, 0.3) is 10.9 Å². The third-order valence-corrected chi connectivity index (χ3v) is 6.57. The van der Waals surface area contributed by atoms with Crippen molar-refractivity contribution in [3.05, 3.63) is 53.2 Å². The van der Waals surface area contributed by atoms with E-state index in [0.29, 0.717) is 12.8 Å². The first-order chi connectivity index (χ1) is 17.3. The average Bonchev–Trinajstić information content (AvgIpc) is 3.25. The van der Waals surface area contributed by atoms with Gasteiger partial charge in [-0.1, -0.05) is 32.0 Å². The van der Waals surface area contributed by atoms with Crippen LogP contribution < -0.4 is 20.1 Å². The highest BCUT2D eigenvalue weighted by molar-refractivity contribution is 5.90. The molecule has 2 aromatic carbocycles. The summed E-state index contributed by atoms with van der Waals surface area (Å²) in [4.78, 5) is 29.3. The Bertz CT molecular complexity index is 1240. The number of benzene rings is 2. The number of phenolic OH excluding ortho intramolecular Hbond substituents is 1. The summed E-state index contributed by atoms with van der Waals surface area (Å²) in [6, 6.07) is 9.60. The number of carbonyl (C=O) groups is 2. The summed E-state index contributed by atoms with van der Waals surface area (Å²) in [6.45, 7) is 3.97. The van der Waals surface area contributed by atoms with E-state index in [0.717, 1.165) is 27.7 Å².